The largest absolute Gasteiger partial charge is 0.348 e. The van der Waals surface area contributed by atoms with Gasteiger partial charge in [0, 0.05) is 18.8 Å². The van der Waals surface area contributed by atoms with E-state index in [1.807, 2.05) is 26.1 Å². The fourth-order valence-electron chi connectivity index (χ4n) is 2.39. The second-order valence-corrected chi connectivity index (χ2v) is 6.60. The zero-order valence-electron chi connectivity index (χ0n) is 12.1. The Morgan fingerprint density at radius 2 is 2.40 bits per heavy atom. The van der Waals surface area contributed by atoms with E-state index in [0.717, 1.165) is 12.1 Å². The van der Waals surface area contributed by atoms with E-state index in [2.05, 4.69) is 28.7 Å². The lowest BCUT2D eigenvalue weighted by Crippen LogP contribution is -2.32. The van der Waals surface area contributed by atoms with E-state index in [4.69, 9.17) is 9.47 Å². The summed E-state index contributed by atoms with van der Waals surface area (Å²) in [5, 5.41) is 5.57. The zero-order valence-corrected chi connectivity index (χ0v) is 12.9. The van der Waals surface area contributed by atoms with E-state index < -0.39 is 5.79 Å². The summed E-state index contributed by atoms with van der Waals surface area (Å²) in [6, 6.07) is 4.51. The second-order valence-electron chi connectivity index (χ2n) is 5.65. The van der Waals surface area contributed by atoms with Crippen LogP contribution in [-0.2, 0) is 9.47 Å². The quantitative estimate of drug-likeness (QED) is 0.940. The number of aromatic nitrogens is 1. The number of nitrogens with one attached hydrogen (secondary N) is 1. The molecule has 1 aliphatic heterocycles. The number of thiophene rings is 1. The van der Waals surface area contributed by atoms with E-state index in [-0.39, 0.29) is 12.1 Å². The minimum absolute atomic E-state index is 0.117. The molecule has 0 aromatic carbocycles. The number of fused-ring (bicyclic) bond motifs is 1. The van der Waals surface area contributed by atoms with Crippen molar-refractivity contribution in [2.24, 2.45) is 0 Å². The summed E-state index contributed by atoms with van der Waals surface area (Å²) in [6.07, 6.45) is 2.06. The molecule has 20 heavy (non-hydrogen) atoms. The molecule has 1 fully saturated rings. The zero-order chi connectivity index (χ0) is 14.2. The van der Waals surface area contributed by atoms with Gasteiger partial charge < -0.3 is 14.8 Å². The molecule has 1 N–H and O–H groups in total. The molecule has 2 unspecified atom stereocenters. The Balaban J connectivity index is 1.60. The Morgan fingerprint density at radius 3 is 3.15 bits per heavy atom. The number of ether oxygens (including phenoxy) is 2. The van der Waals surface area contributed by atoms with Crippen molar-refractivity contribution in [3.8, 4) is 0 Å². The van der Waals surface area contributed by atoms with Crippen LogP contribution in [0.15, 0.2) is 23.7 Å². The highest BCUT2D eigenvalue weighted by molar-refractivity contribution is 7.17. The van der Waals surface area contributed by atoms with Crippen molar-refractivity contribution in [2.75, 3.05) is 13.2 Å². The smallest absolute Gasteiger partial charge is 0.163 e. The Morgan fingerprint density at radius 1 is 1.55 bits per heavy atom. The van der Waals surface area contributed by atoms with Gasteiger partial charge in [-0.25, -0.2) is 0 Å². The lowest BCUT2D eigenvalue weighted by atomic mass is 10.1. The van der Waals surface area contributed by atoms with Gasteiger partial charge in [-0.2, -0.15) is 0 Å². The molecule has 0 saturated carbocycles. The molecule has 0 aliphatic carbocycles. The monoisotopic (exact) mass is 292 g/mol. The minimum Gasteiger partial charge on any atom is -0.348 e. The third-order valence-corrected chi connectivity index (χ3v) is 4.40. The van der Waals surface area contributed by atoms with Gasteiger partial charge in [-0.05, 0) is 43.8 Å². The molecule has 1 aliphatic rings. The molecule has 0 bridgehead atoms. The van der Waals surface area contributed by atoms with Crippen LogP contribution >= 0.6 is 11.3 Å². The van der Waals surface area contributed by atoms with Gasteiger partial charge in [-0.1, -0.05) is 0 Å². The summed E-state index contributed by atoms with van der Waals surface area (Å²) in [4.78, 5) is 4.48. The molecule has 2 atom stereocenters. The van der Waals surface area contributed by atoms with E-state index >= 15 is 0 Å². The van der Waals surface area contributed by atoms with Crippen LogP contribution in [0.5, 0.6) is 0 Å². The van der Waals surface area contributed by atoms with Crippen molar-refractivity contribution in [1.82, 2.24) is 10.3 Å². The predicted octanol–water partition coefficient (Wildman–Crippen LogP) is 3.10. The van der Waals surface area contributed by atoms with E-state index in [1.165, 1.54) is 10.3 Å². The molecule has 3 rings (SSSR count). The van der Waals surface area contributed by atoms with Crippen LogP contribution in [0.3, 0.4) is 0 Å². The van der Waals surface area contributed by atoms with Gasteiger partial charge in [-0.3, -0.25) is 4.98 Å². The molecule has 5 heteroatoms. The first kappa shape index (κ1) is 13.9. The predicted molar refractivity (Wildman–Crippen MR) is 80.9 cm³/mol. The first-order chi connectivity index (χ1) is 9.53. The normalized spacial score (nSPS) is 23.2. The summed E-state index contributed by atoms with van der Waals surface area (Å²) >= 11 is 1.73. The van der Waals surface area contributed by atoms with Gasteiger partial charge in [0.2, 0.25) is 0 Å². The summed E-state index contributed by atoms with van der Waals surface area (Å²) in [5.41, 5.74) is 2.28. The van der Waals surface area contributed by atoms with Crippen LogP contribution in [0.2, 0.25) is 0 Å². The van der Waals surface area contributed by atoms with Crippen molar-refractivity contribution in [1.29, 1.82) is 0 Å². The molecule has 4 nitrogen and oxygen atoms in total. The van der Waals surface area contributed by atoms with Crippen molar-refractivity contribution < 1.29 is 9.47 Å². The third-order valence-electron chi connectivity index (χ3n) is 3.54. The van der Waals surface area contributed by atoms with E-state index in [1.54, 1.807) is 11.3 Å². The van der Waals surface area contributed by atoms with Gasteiger partial charge in [0.05, 0.1) is 22.9 Å². The Hall–Kier alpha value is -1.01. The molecule has 3 heterocycles. The Labute approximate surface area is 123 Å². The highest BCUT2D eigenvalue weighted by Gasteiger charge is 2.32. The summed E-state index contributed by atoms with van der Waals surface area (Å²) in [6.45, 7) is 7.48. The van der Waals surface area contributed by atoms with Crippen molar-refractivity contribution >= 4 is 21.6 Å². The molecule has 0 amide bonds. The Bertz CT molecular complexity index is 596. The number of hydrogen-bond donors (Lipinski definition) is 1. The minimum atomic E-state index is -0.451. The fourth-order valence-corrected chi connectivity index (χ4v) is 3.18. The number of hydrogen-bond acceptors (Lipinski definition) is 5. The van der Waals surface area contributed by atoms with Gasteiger partial charge in [0.25, 0.3) is 0 Å². The maximum Gasteiger partial charge on any atom is 0.163 e. The molecular formula is C15H20N2O2S. The van der Waals surface area contributed by atoms with Gasteiger partial charge >= 0.3 is 0 Å². The Kier molecular flexibility index (Phi) is 3.77. The number of pyridine rings is 1. The van der Waals surface area contributed by atoms with Crippen LogP contribution in [-0.4, -0.2) is 30.0 Å². The van der Waals surface area contributed by atoms with Crippen LogP contribution in [0.25, 0.3) is 10.2 Å². The molecule has 108 valence electrons. The molecular weight excluding hydrogens is 272 g/mol. The molecule has 0 spiro atoms. The number of rotatable bonds is 4. The summed E-state index contributed by atoms with van der Waals surface area (Å²) in [5.74, 6) is -0.451. The van der Waals surface area contributed by atoms with E-state index in [0.29, 0.717) is 6.61 Å². The van der Waals surface area contributed by atoms with Gasteiger partial charge in [0.15, 0.2) is 5.79 Å². The molecule has 1 saturated heterocycles. The average Bonchev–Trinajstić information content (AvgIpc) is 3.01. The maximum absolute atomic E-state index is 5.79. The average molecular weight is 292 g/mol. The van der Waals surface area contributed by atoms with Crippen molar-refractivity contribution in [2.45, 2.75) is 38.7 Å². The van der Waals surface area contributed by atoms with Crippen molar-refractivity contribution in [3.05, 3.63) is 29.3 Å². The SMILES string of the molecule is CC(NCC1COC(C)(C)O1)c1cnc2ccsc2c1. The highest BCUT2D eigenvalue weighted by atomic mass is 32.1. The standard InChI is InChI=1S/C15H20N2O2S/c1-10(16-8-12-9-18-15(2,3)19-12)11-6-14-13(17-7-11)4-5-20-14/h4-7,10,12,16H,8-9H2,1-3H3. The fraction of sp³-hybridized carbons (Fsp3) is 0.533. The second kappa shape index (κ2) is 5.41. The summed E-state index contributed by atoms with van der Waals surface area (Å²) in [7, 11) is 0. The maximum atomic E-state index is 5.79. The van der Waals surface area contributed by atoms with Gasteiger partial charge in [0.1, 0.15) is 0 Å². The lowest BCUT2D eigenvalue weighted by molar-refractivity contribution is -0.137. The topological polar surface area (TPSA) is 43.4 Å². The van der Waals surface area contributed by atoms with Crippen molar-refractivity contribution in [3.63, 3.8) is 0 Å². The van der Waals surface area contributed by atoms with Crippen LogP contribution in [0, 0.1) is 0 Å². The van der Waals surface area contributed by atoms with Crippen LogP contribution < -0.4 is 5.32 Å². The first-order valence-corrected chi connectivity index (χ1v) is 7.80. The lowest BCUT2D eigenvalue weighted by Gasteiger charge is -2.19. The number of nitrogens with zero attached hydrogens (tertiary/aromatic N) is 1. The first-order valence-electron chi connectivity index (χ1n) is 6.92. The molecule has 2 aromatic rings. The third kappa shape index (κ3) is 3.01. The highest BCUT2D eigenvalue weighted by Crippen LogP contribution is 2.24. The molecule has 0 radical (unpaired) electrons. The molecule has 2 aromatic heterocycles. The van der Waals surface area contributed by atoms with Gasteiger partial charge in [-0.15, -0.1) is 11.3 Å². The van der Waals surface area contributed by atoms with Crippen LogP contribution in [0.4, 0.5) is 0 Å². The van der Waals surface area contributed by atoms with Crippen LogP contribution in [0.1, 0.15) is 32.4 Å². The van der Waals surface area contributed by atoms with E-state index in [9.17, 15) is 0 Å². The summed E-state index contributed by atoms with van der Waals surface area (Å²) < 4.78 is 12.6.